The quantitative estimate of drug-likeness (QED) is 0.620. The smallest absolute Gasteiger partial charge is 0.162 e. The van der Waals surface area contributed by atoms with E-state index in [4.69, 9.17) is 0 Å². The topological polar surface area (TPSA) is 54.4 Å². The Morgan fingerprint density at radius 1 is 1.10 bits per heavy atom. The number of rotatable bonds is 5. The van der Waals surface area contributed by atoms with Crippen molar-refractivity contribution in [2.24, 2.45) is 34.5 Å². The van der Waals surface area contributed by atoms with Crippen molar-refractivity contribution in [2.75, 3.05) is 0 Å². The van der Waals surface area contributed by atoms with Gasteiger partial charge in [0, 0.05) is 11.8 Å². The van der Waals surface area contributed by atoms with Crippen molar-refractivity contribution in [3.63, 3.8) is 0 Å². The Hall–Kier alpha value is -1.22. The zero-order valence-electron chi connectivity index (χ0n) is 19.6. The second-order valence-corrected chi connectivity index (χ2v) is 11.8. The molecule has 0 heterocycles. The molecule has 2 fully saturated rings. The van der Waals surface area contributed by atoms with E-state index in [9.17, 15) is 14.7 Å². The van der Waals surface area contributed by atoms with E-state index in [1.54, 1.807) is 0 Å². The normalized spacial score (nSPS) is 40.3. The lowest BCUT2D eigenvalue weighted by Crippen LogP contribution is -2.52. The molecule has 6 atom stereocenters. The average Bonchev–Trinajstić information content (AvgIpc) is 2.92. The summed E-state index contributed by atoms with van der Waals surface area (Å²) in [6.45, 7) is 10.9. The summed E-state index contributed by atoms with van der Waals surface area (Å²) in [5.74, 6) is 1.67. The molecular formula is C27H40O3. The maximum absolute atomic E-state index is 13.3. The van der Waals surface area contributed by atoms with Crippen molar-refractivity contribution in [1.29, 1.82) is 0 Å². The van der Waals surface area contributed by atoms with Gasteiger partial charge in [0.15, 0.2) is 11.6 Å². The monoisotopic (exact) mass is 412 g/mol. The van der Waals surface area contributed by atoms with Crippen LogP contribution in [0.25, 0.3) is 0 Å². The summed E-state index contributed by atoms with van der Waals surface area (Å²) in [5.41, 5.74) is 1.59. The van der Waals surface area contributed by atoms with Gasteiger partial charge in [-0.3, -0.25) is 9.59 Å². The molecule has 1 N–H and O–H groups in total. The minimum absolute atomic E-state index is 0.0971. The maximum Gasteiger partial charge on any atom is 0.162 e. The summed E-state index contributed by atoms with van der Waals surface area (Å²) in [6, 6.07) is 0. The predicted molar refractivity (Wildman–Crippen MR) is 120 cm³/mol. The lowest BCUT2D eigenvalue weighted by Gasteiger charge is -2.57. The van der Waals surface area contributed by atoms with E-state index >= 15 is 0 Å². The van der Waals surface area contributed by atoms with Gasteiger partial charge >= 0.3 is 0 Å². The van der Waals surface area contributed by atoms with Crippen molar-refractivity contribution >= 4 is 11.6 Å². The Bertz CT molecular complexity index is 801. The van der Waals surface area contributed by atoms with Crippen LogP contribution in [0.4, 0.5) is 0 Å². The summed E-state index contributed by atoms with van der Waals surface area (Å²) in [7, 11) is 0. The van der Waals surface area contributed by atoms with Crippen molar-refractivity contribution in [3.8, 4) is 0 Å². The fraction of sp³-hybridized carbons (Fsp3) is 0.778. The molecule has 0 radical (unpaired) electrons. The van der Waals surface area contributed by atoms with Gasteiger partial charge in [-0.05, 0) is 80.8 Å². The molecule has 4 aliphatic rings. The van der Waals surface area contributed by atoms with Gasteiger partial charge in [0.25, 0.3) is 0 Å². The van der Waals surface area contributed by atoms with Crippen molar-refractivity contribution in [1.82, 2.24) is 0 Å². The first-order chi connectivity index (χ1) is 14.0. The van der Waals surface area contributed by atoms with E-state index in [2.05, 4.69) is 27.7 Å². The van der Waals surface area contributed by atoms with Crippen LogP contribution >= 0.6 is 0 Å². The van der Waals surface area contributed by atoms with Crippen LogP contribution in [0.1, 0.15) is 92.4 Å². The van der Waals surface area contributed by atoms with Gasteiger partial charge in [-0.15, -0.1) is 0 Å². The van der Waals surface area contributed by atoms with E-state index in [1.165, 1.54) is 11.1 Å². The average molecular weight is 413 g/mol. The number of fused-ring (bicyclic) bond motifs is 5. The SMILES string of the molecule is CC(C)CCCC(C)(O)C1C(=O)C=C2C3CCC4=CC(=O)CCC4(C)C3CCC21C. The highest BCUT2D eigenvalue weighted by atomic mass is 16.3. The van der Waals surface area contributed by atoms with Crippen molar-refractivity contribution < 1.29 is 14.7 Å². The van der Waals surface area contributed by atoms with Gasteiger partial charge in [0.05, 0.1) is 11.5 Å². The number of hydrogen-bond acceptors (Lipinski definition) is 3. The van der Waals surface area contributed by atoms with Gasteiger partial charge in [-0.25, -0.2) is 0 Å². The van der Waals surface area contributed by atoms with Crippen LogP contribution in [-0.4, -0.2) is 22.3 Å². The third-order valence-corrected chi connectivity index (χ3v) is 9.33. The lowest BCUT2D eigenvalue weighted by molar-refractivity contribution is -0.134. The van der Waals surface area contributed by atoms with Crippen molar-refractivity contribution in [3.05, 3.63) is 23.3 Å². The van der Waals surface area contributed by atoms with Gasteiger partial charge in [-0.1, -0.05) is 51.7 Å². The van der Waals surface area contributed by atoms with E-state index in [0.717, 1.165) is 44.9 Å². The predicted octanol–water partition coefficient (Wildman–Crippen LogP) is 5.81. The first-order valence-corrected chi connectivity index (χ1v) is 12.2. The molecule has 6 unspecified atom stereocenters. The molecular weight excluding hydrogens is 372 g/mol. The standard InChI is InChI=1S/C27H40O3/c1-17(2)7-6-12-27(5,30)24-23(29)16-22-20-9-8-18-15-19(28)10-13-25(18,3)21(20)11-14-26(22,24)4/h15-17,20-21,24,30H,6-14H2,1-5H3. The first kappa shape index (κ1) is 22.0. The fourth-order valence-corrected chi connectivity index (χ4v) is 7.77. The molecule has 0 amide bonds. The van der Waals surface area contributed by atoms with Crippen LogP contribution in [0.5, 0.6) is 0 Å². The number of allylic oxidation sites excluding steroid dienone is 4. The Kier molecular flexibility index (Phi) is 5.45. The third-order valence-electron chi connectivity index (χ3n) is 9.33. The molecule has 4 aliphatic carbocycles. The zero-order chi connectivity index (χ0) is 21.9. The van der Waals surface area contributed by atoms with Gasteiger partial charge < -0.3 is 5.11 Å². The number of carbonyl (C=O) groups excluding carboxylic acids is 2. The number of hydrogen-bond donors (Lipinski definition) is 1. The van der Waals surface area contributed by atoms with Crippen LogP contribution in [0.3, 0.4) is 0 Å². The summed E-state index contributed by atoms with van der Waals surface area (Å²) >= 11 is 0. The summed E-state index contributed by atoms with van der Waals surface area (Å²) in [6.07, 6.45) is 12.3. The van der Waals surface area contributed by atoms with Crippen LogP contribution in [0.2, 0.25) is 0 Å². The molecule has 0 aliphatic heterocycles. The minimum atomic E-state index is -0.952. The largest absolute Gasteiger partial charge is 0.389 e. The molecule has 4 rings (SSSR count). The zero-order valence-corrected chi connectivity index (χ0v) is 19.6. The van der Waals surface area contributed by atoms with Crippen LogP contribution in [-0.2, 0) is 9.59 Å². The molecule has 2 saturated carbocycles. The van der Waals surface area contributed by atoms with Crippen LogP contribution in [0, 0.1) is 34.5 Å². The van der Waals surface area contributed by atoms with E-state index in [0.29, 0.717) is 30.6 Å². The molecule has 0 aromatic rings. The van der Waals surface area contributed by atoms with Gasteiger partial charge in [0.1, 0.15) is 0 Å². The Morgan fingerprint density at radius 3 is 2.53 bits per heavy atom. The number of aliphatic hydroxyl groups is 1. The van der Waals surface area contributed by atoms with Gasteiger partial charge in [0.2, 0.25) is 0 Å². The molecule has 0 aromatic heterocycles. The first-order valence-electron chi connectivity index (χ1n) is 12.2. The van der Waals surface area contributed by atoms with Crippen molar-refractivity contribution in [2.45, 2.75) is 98.0 Å². The molecule has 3 nitrogen and oxygen atoms in total. The number of carbonyl (C=O) groups is 2. The summed E-state index contributed by atoms with van der Waals surface area (Å²) in [5, 5.41) is 11.5. The van der Waals surface area contributed by atoms with E-state index in [-0.39, 0.29) is 28.3 Å². The molecule has 3 heteroatoms. The third kappa shape index (κ3) is 3.36. The molecule has 0 aromatic carbocycles. The summed E-state index contributed by atoms with van der Waals surface area (Å²) in [4.78, 5) is 25.3. The highest BCUT2D eigenvalue weighted by Crippen LogP contribution is 2.65. The second kappa shape index (κ2) is 7.43. The minimum Gasteiger partial charge on any atom is -0.389 e. The highest BCUT2D eigenvalue weighted by Gasteiger charge is 2.60. The number of ketones is 2. The Morgan fingerprint density at radius 2 is 1.83 bits per heavy atom. The second-order valence-electron chi connectivity index (χ2n) is 11.8. The van der Waals surface area contributed by atoms with Crippen LogP contribution < -0.4 is 0 Å². The van der Waals surface area contributed by atoms with Gasteiger partial charge in [-0.2, -0.15) is 0 Å². The molecule has 0 bridgehead atoms. The van der Waals surface area contributed by atoms with E-state index in [1.807, 2.05) is 19.1 Å². The maximum atomic E-state index is 13.3. The molecule has 30 heavy (non-hydrogen) atoms. The molecule has 0 saturated heterocycles. The summed E-state index contributed by atoms with van der Waals surface area (Å²) < 4.78 is 0. The Balaban J connectivity index is 1.60. The van der Waals surface area contributed by atoms with Crippen LogP contribution in [0.15, 0.2) is 23.3 Å². The highest BCUT2D eigenvalue weighted by molar-refractivity contribution is 5.97. The Labute approximate surface area is 182 Å². The molecule has 166 valence electrons. The fourth-order valence-electron chi connectivity index (χ4n) is 7.77. The van der Waals surface area contributed by atoms with E-state index < -0.39 is 5.60 Å². The molecule has 0 spiro atoms. The lowest BCUT2D eigenvalue weighted by atomic mass is 9.47.